The van der Waals surface area contributed by atoms with Gasteiger partial charge in [-0.3, -0.25) is 0 Å². The largest absolute Gasteiger partial charge is 0.508 e. The fraction of sp³-hybridized carbons (Fsp3) is 0.250. The van der Waals surface area contributed by atoms with Crippen LogP contribution >= 0.6 is 0 Å². The zero-order valence-corrected chi connectivity index (χ0v) is 15.8. The maximum Gasteiger partial charge on any atom is 0.115 e. The summed E-state index contributed by atoms with van der Waals surface area (Å²) in [6, 6.07) is 14.4. The predicted octanol–water partition coefficient (Wildman–Crippen LogP) is 6.58. The van der Waals surface area contributed by atoms with Gasteiger partial charge in [0.2, 0.25) is 0 Å². The lowest BCUT2D eigenvalue weighted by molar-refractivity contribution is 0.474. The number of aromatic hydroxyl groups is 2. The lowest BCUT2D eigenvalue weighted by Crippen LogP contribution is -2.09. The number of benzene rings is 2. The van der Waals surface area contributed by atoms with Gasteiger partial charge in [-0.2, -0.15) is 0 Å². The molecule has 136 valence electrons. The van der Waals surface area contributed by atoms with Crippen LogP contribution in [0.25, 0.3) is 12.2 Å². The Morgan fingerprint density at radius 3 is 1.62 bits per heavy atom. The van der Waals surface area contributed by atoms with E-state index in [1.54, 1.807) is 24.3 Å². The van der Waals surface area contributed by atoms with Crippen LogP contribution in [0.4, 0.5) is 0 Å². The molecule has 2 aromatic rings. The van der Waals surface area contributed by atoms with Crippen molar-refractivity contribution in [2.45, 2.75) is 33.6 Å². The lowest BCUT2D eigenvalue weighted by Gasteiger charge is -2.21. The molecule has 26 heavy (non-hydrogen) atoms. The molecule has 0 atom stereocenters. The second-order valence-corrected chi connectivity index (χ2v) is 7.18. The van der Waals surface area contributed by atoms with E-state index in [9.17, 15) is 10.2 Å². The molecular formula is C24H28O2. The Balaban J connectivity index is 2.20. The smallest absolute Gasteiger partial charge is 0.115 e. The van der Waals surface area contributed by atoms with Crippen molar-refractivity contribution in [2.75, 3.05) is 0 Å². The van der Waals surface area contributed by atoms with Gasteiger partial charge in [-0.15, -0.1) is 0 Å². The molecule has 0 aliphatic rings. The first-order valence-corrected chi connectivity index (χ1v) is 8.96. The summed E-state index contributed by atoms with van der Waals surface area (Å²) in [4.78, 5) is 0. The minimum atomic E-state index is -0.0955. The van der Waals surface area contributed by atoms with Crippen LogP contribution in [-0.2, 0) is 0 Å². The van der Waals surface area contributed by atoms with Crippen LogP contribution in [0.15, 0.2) is 72.3 Å². The monoisotopic (exact) mass is 348 g/mol. The molecule has 0 spiro atoms. The molecule has 0 unspecified atom stereocenters. The van der Waals surface area contributed by atoms with Crippen molar-refractivity contribution in [2.24, 2.45) is 5.41 Å². The first-order chi connectivity index (χ1) is 12.4. The Labute approximate surface area is 156 Å². The van der Waals surface area contributed by atoms with Crippen LogP contribution in [0.2, 0.25) is 0 Å². The second kappa shape index (κ2) is 9.10. The van der Waals surface area contributed by atoms with Crippen molar-refractivity contribution >= 4 is 12.2 Å². The molecule has 2 rings (SSSR count). The maximum atomic E-state index is 9.42. The number of allylic oxidation sites excluding steroid dienone is 4. The van der Waals surface area contributed by atoms with Crippen LogP contribution in [0.3, 0.4) is 0 Å². The van der Waals surface area contributed by atoms with Crippen LogP contribution in [0.5, 0.6) is 11.5 Å². The summed E-state index contributed by atoms with van der Waals surface area (Å²) in [6.07, 6.45) is 12.9. The molecule has 2 nitrogen and oxygen atoms in total. The maximum absolute atomic E-state index is 9.42. The van der Waals surface area contributed by atoms with Crippen molar-refractivity contribution in [3.63, 3.8) is 0 Å². The topological polar surface area (TPSA) is 40.5 Å². The molecule has 0 saturated carbocycles. The van der Waals surface area contributed by atoms with Crippen molar-refractivity contribution < 1.29 is 10.2 Å². The van der Waals surface area contributed by atoms with E-state index in [1.807, 2.05) is 24.3 Å². The second-order valence-electron chi connectivity index (χ2n) is 7.18. The highest BCUT2D eigenvalue weighted by Gasteiger charge is 2.16. The first kappa shape index (κ1) is 19.6. The summed E-state index contributed by atoms with van der Waals surface area (Å²) >= 11 is 0. The fourth-order valence-electron chi connectivity index (χ4n) is 2.64. The summed E-state index contributed by atoms with van der Waals surface area (Å²) in [5, 5.41) is 18.8. The lowest BCUT2D eigenvalue weighted by atomic mass is 9.83. The molecule has 0 aliphatic heterocycles. The van der Waals surface area contributed by atoms with E-state index in [4.69, 9.17) is 0 Å². The van der Waals surface area contributed by atoms with Crippen LogP contribution < -0.4 is 0 Å². The summed E-state index contributed by atoms with van der Waals surface area (Å²) in [5.41, 5.74) is 3.36. The molecule has 0 fully saturated rings. The third-order valence-electron chi connectivity index (χ3n) is 4.33. The molecule has 0 heterocycles. The number of phenolic OH excluding ortho intramolecular Hbond substituents is 2. The normalized spacial score (nSPS) is 12.0. The quantitative estimate of drug-likeness (QED) is 0.555. The van der Waals surface area contributed by atoms with Gasteiger partial charge in [0.05, 0.1) is 0 Å². The van der Waals surface area contributed by atoms with E-state index >= 15 is 0 Å². The highest BCUT2D eigenvalue weighted by molar-refractivity contribution is 5.55. The zero-order valence-electron chi connectivity index (χ0n) is 15.8. The minimum absolute atomic E-state index is 0.0955. The Hall–Kier alpha value is -2.74. The van der Waals surface area contributed by atoms with Gasteiger partial charge in [-0.25, -0.2) is 0 Å². The van der Waals surface area contributed by atoms with E-state index in [1.165, 1.54) is 5.57 Å². The average Bonchev–Trinajstić information content (AvgIpc) is 2.61. The van der Waals surface area contributed by atoms with Gasteiger partial charge < -0.3 is 10.2 Å². The molecule has 0 saturated heterocycles. The third-order valence-corrected chi connectivity index (χ3v) is 4.33. The van der Waals surface area contributed by atoms with E-state index in [0.717, 1.165) is 24.0 Å². The van der Waals surface area contributed by atoms with E-state index in [0.29, 0.717) is 0 Å². The van der Waals surface area contributed by atoms with Crippen molar-refractivity contribution in [3.05, 3.63) is 83.5 Å². The highest BCUT2D eigenvalue weighted by Crippen LogP contribution is 2.30. The summed E-state index contributed by atoms with van der Waals surface area (Å²) in [6.45, 7) is 6.46. The fourth-order valence-corrected chi connectivity index (χ4v) is 2.64. The molecule has 2 N–H and O–H groups in total. The van der Waals surface area contributed by atoms with Crippen LogP contribution in [-0.4, -0.2) is 10.2 Å². The predicted molar refractivity (Wildman–Crippen MR) is 111 cm³/mol. The zero-order chi connectivity index (χ0) is 19.0. The van der Waals surface area contributed by atoms with Gasteiger partial charge in [-0.05, 0) is 62.1 Å². The van der Waals surface area contributed by atoms with Crippen molar-refractivity contribution in [3.8, 4) is 11.5 Å². The molecule has 0 aromatic heterocycles. The van der Waals surface area contributed by atoms with Gasteiger partial charge in [-0.1, -0.05) is 67.1 Å². The van der Waals surface area contributed by atoms with E-state index < -0.39 is 0 Å². The Morgan fingerprint density at radius 2 is 1.23 bits per heavy atom. The number of phenols is 2. The van der Waals surface area contributed by atoms with E-state index in [-0.39, 0.29) is 16.9 Å². The number of rotatable bonds is 7. The van der Waals surface area contributed by atoms with Gasteiger partial charge >= 0.3 is 0 Å². The molecule has 0 aliphatic carbocycles. The molecule has 2 aromatic carbocycles. The van der Waals surface area contributed by atoms with Gasteiger partial charge in [0.15, 0.2) is 0 Å². The number of hydrogen-bond donors (Lipinski definition) is 2. The molecule has 0 bridgehead atoms. The summed E-state index contributed by atoms with van der Waals surface area (Å²) in [5.74, 6) is 0.557. The minimum Gasteiger partial charge on any atom is -0.508 e. The molecular weight excluding hydrogens is 320 g/mol. The Morgan fingerprint density at radius 1 is 0.808 bits per heavy atom. The Kier molecular flexibility index (Phi) is 6.85. The number of hydrogen-bond acceptors (Lipinski definition) is 2. The third kappa shape index (κ3) is 6.64. The summed E-state index contributed by atoms with van der Waals surface area (Å²) < 4.78 is 0. The summed E-state index contributed by atoms with van der Waals surface area (Å²) in [7, 11) is 0. The molecule has 2 heteroatoms. The van der Waals surface area contributed by atoms with Gasteiger partial charge in [0, 0.05) is 5.41 Å². The Bertz CT molecular complexity index is 718. The SMILES string of the molecule is CC(C)=CCCC(C)(/C=C/c1ccc(O)cc1)/C=C/c1ccc(O)cc1. The van der Waals surface area contributed by atoms with Gasteiger partial charge in [0.1, 0.15) is 11.5 Å². The van der Waals surface area contributed by atoms with Gasteiger partial charge in [0.25, 0.3) is 0 Å². The highest BCUT2D eigenvalue weighted by atomic mass is 16.3. The molecule has 0 amide bonds. The van der Waals surface area contributed by atoms with Crippen LogP contribution in [0.1, 0.15) is 44.7 Å². The van der Waals surface area contributed by atoms with Crippen molar-refractivity contribution in [1.29, 1.82) is 0 Å². The average molecular weight is 348 g/mol. The van der Waals surface area contributed by atoms with E-state index in [2.05, 4.69) is 51.2 Å². The first-order valence-electron chi connectivity index (χ1n) is 8.96. The van der Waals surface area contributed by atoms with Crippen molar-refractivity contribution in [1.82, 2.24) is 0 Å². The molecule has 0 radical (unpaired) electrons. The van der Waals surface area contributed by atoms with Crippen LogP contribution in [0, 0.1) is 5.41 Å². The standard InChI is InChI=1S/C24H28O2/c1-19(2)5-4-16-24(3,17-14-20-6-10-22(25)11-7-20)18-15-21-8-12-23(26)13-9-21/h5-15,17-18,25-26H,4,16H2,1-3H3/b17-14+,18-15+.